The average molecular weight is 350 g/mol. The Morgan fingerprint density at radius 1 is 1.25 bits per heavy atom. The lowest BCUT2D eigenvalue weighted by molar-refractivity contribution is 0.214. The van der Waals surface area contributed by atoms with Gasteiger partial charge < -0.3 is 15.0 Å². The van der Waals surface area contributed by atoms with E-state index in [4.69, 9.17) is 4.74 Å². The van der Waals surface area contributed by atoms with Crippen LogP contribution in [0.4, 0.5) is 19.3 Å². The van der Waals surface area contributed by atoms with E-state index in [1.54, 1.807) is 23.8 Å². The van der Waals surface area contributed by atoms with Gasteiger partial charge >= 0.3 is 6.03 Å². The topological polar surface area (TPSA) is 41.6 Å². The summed E-state index contributed by atoms with van der Waals surface area (Å²) in [5.74, 6) is 0.238. The predicted octanol–water partition coefficient (Wildman–Crippen LogP) is 4.25. The van der Waals surface area contributed by atoms with Crippen LogP contribution < -0.4 is 10.1 Å². The SMILES string of the molecule is COc1ccc(C2SCCN2C(=O)Nc2cc(F)ccc2F)cc1. The van der Waals surface area contributed by atoms with Crippen molar-refractivity contribution in [3.8, 4) is 5.75 Å². The fraction of sp³-hybridized carbons (Fsp3) is 0.235. The molecule has 0 spiro atoms. The number of carbonyl (C=O) groups excluding carboxylic acids is 1. The molecule has 2 amide bonds. The van der Waals surface area contributed by atoms with Gasteiger partial charge in [-0.1, -0.05) is 12.1 Å². The number of ether oxygens (including phenoxy) is 1. The number of methoxy groups -OCH3 is 1. The summed E-state index contributed by atoms with van der Waals surface area (Å²) in [7, 11) is 1.59. The molecule has 1 atom stereocenters. The first-order valence-electron chi connectivity index (χ1n) is 7.36. The summed E-state index contributed by atoms with van der Waals surface area (Å²) in [5.41, 5.74) is 0.790. The summed E-state index contributed by atoms with van der Waals surface area (Å²) in [6, 6.07) is 9.97. The molecule has 2 aromatic rings. The molecule has 7 heteroatoms. The average Bonchev–Trinajstić information content (AvgIpc) is 3.08. The van der Waals surface area contributed by atoms with Crippen molar-refractivity contribution >= 4 is 23.5 Å². The maximum atomic E-state index is 13.7. The highest BCUT2D eigenvalue weighted by Crippen LogP contribution is 2.38. The Balaban J connectivity index is 1.76. The lowest BCUT2D eigenvalue weighted by Gasteiger charge is -2.24. The van der Waals surface area contributed by atoms with Gasteiger partial charge in [-0.3, -0.25) is 0 Å². The van der Waals surface area contributed by atoms with E-state index in [9.17, 15) is 13.6 Å². The fourth-order valence-corrected chi connectivity index (χ4v) is 3.76. The molecule has 2 aromatic carbocycles. The molecule has 1 heterocycles. The van der Waals surface area contributed by atoms with Crippen LogP contribution in [-0.2, 0) is 0 Å². The lowest BCUT2D eigenvalue weighted by Crippen LogP contribution is -2.34. The van der Waals surface area contributed by atoms with Crippen LogP contribution in [0.15, 0.2) is 42.5 Å². The molecule has 3 rings (SSSR count). The molecule has 0 saturated carbocycles. The van der Waals surface area contributed by atoms with E-state index in [1.807, 2.05) is 24.3 Å². The van der Waals surface area contributed by atoms with Gasteiger partial charge in [-0.25, -0.2) is 13.6 Å². The van der Waals surface area contributed by atoms with Gasteiger partial charge in [-0.2, -0.15) is 0 Å². The van der Waals surface area contributed by atoms with Crippen molar-refractivity contribution in [2.24, 2.45) is 0 Å². The number of rotatable bonds is 3. The van der Waals surface area contributed by atoms with E-state index in [2.05, 4.69) is 5.32 Å². The molecule has 0 aromatic heterocycles. The van der Waals surface area contributed by atoms with Gasteiger partial charge in [0.05, 0.1) is 12.8 Å². The van der Waals surface area contributed by atoms with Crippen molar-refractivity contribution in [2.75, 3.05) is 24.7 Å². The van der Waals surface area contributed by atoms with Gasteiger partial charge in [0.1, 0.15) is 22.8 Å². The highest BCUT2D eigenvalue weighted by atomic mass is 32.2. The van der Waals surface area contributed by atoms with Gasteiger partial charge in [0, 0.05) is 18.4 Å². The minimum absolute atomic E-state index is 0.162. The zero-order valence-electron chi connectivity index (χ0n) is 13.0. The van der Waals surface area contributed by atoms with Crippen molar-refractivity contribution in [1.29, 1.82) is 0 Å². The third-order valence-corrected chi connectivity index (χ3v) is 4.98. The summed E-state index contributed by atoms with van der Waals surface area (Å²) in [4.78, 5) is 14.1. The van der Waals surface area contributed by atoms with Gasteiger partial charge in [0.25, 0.3) is 0 Å². The van der Waals surface area contributed by atoms with Crippen LogP contribution in [0.1, 0.15) is 10.9 Å². The number of nitrogens with zero attached hydrogens (tertiary/aromatic N) is 1. The lowest BCUT2D eigenvalue weighted by atomic mass is 10.2. The van der Waals surface area contributed by atoms with Crippen molar-refractivity contribution in [2.45, 2.75) is 5.37 Å². The van der Waals surface area contributed by atoms with E-state index in [0.29, 0.717) is 6.54 Å². The molecular formula is C17H16F2N2O2S. The number of thioether (sulfide) groups is 1. The van der Waals surface area contributed by atoms with Gasteiger partial charge in [-0.05, 0) is 29.8 Å². The monoisotopic (exact) mass is 350 g/mol. The van der Waals surface area contributed by atoms with E-state index < -0.39 is 17.7 Å². The molecule has 4 nitrogen and oxygen atoms in total. The van der Waals surface area contributed by atoms with Crippen LogP contribution in [0.25, 0.3) is 0 Å². The molecule has 1 fully saturated rings. The first kappa shape index (κ1) is 16.6. The quantitative estimate of drug-likeness (QED) is 0.900. The standard InChI is InChI=1S/C17H16F2N2O2S/c1-23-13-5-2-11(3-6-13)16-21(8-9-24-16)17(22)20-15-10-12(18)4-7-14(15)19/h2-7,10,16H,8-9H2,1H3,(H,20,22). The molecule has 126 valence electrons. The molecule has 1 unspecified atom stereocenters. The Morgan fingerprint density at radius 3 is 2.71 bits per heavy atom. The zero-order valence-corrected chi connectivity index (χ0v) is 13.8. The molecule has 1 saturated heterocycles. The molecule has 0 radical (unpaired) electrons. The number of halogens is 2. The van der Waals surface area contributed by atoms with Crippen molar-refractivity contribution < 1.29 is 18.3 Å². The second-order valence-electron chi connectivity index (χ2n) is 5.24. The number of carbonyl (C=O) groups is 1. The maximum Gasteiger partial charge on any atom is 0.323 e. The smallest absolute Gasteiger partial charge is 0.323 e. The predicted molar refractivity (Wildman–Crippen MR) is 90.3 cm³/mol. The number of hydrogen-bond acceptors (Lipinski definition) is 3. The van der Waals surface area contributed by atoms with E-state index >= 15 is 0 Å². The van der Waals surface area contributed by atoms with Crippen LogP contribution in [0.3, 0.4) is 0 Å². The minimum Gasteiger partial charge on any atom is -0.497 e. The van der Waals surface area contributed by atoms with E-state index in [-0.39, 0.29) is 11.1 Å². The van der Waals surface area contributed by atoms with E-state index in [0.717, 1.165) is 35.3 Å². The third-order valence-electron chi connectivity index (χ3n) is 3.72. The van der Waals surface area contributed by atoms with Crippen LogP contribution >= 0.6 is 11.8 Å². The first-order chi connectivity index (χ1) is 11.6. The number of anilines is 1. The van der Waals surface area contributed by atoms with Crippen LogP contribution in [0.5, 0.6) is 5.75 Å². The Morgan fingerprint density at radius 2 is 2.00 bits per heavy atom. The van der Waals surface area contributed by atoms with Gasteiger partial charge in [-0.15, -0.1) is 11.8 Å². The Hall–Kier alpha value is -2.28. The summed E-state index contributed by atoms with van der Waals surface area (Å²) in [6.45, 7) is 0.532. The molecule has 1 aliphatic rings. The minimum atomic E-state index is -0.669. The number of hydrogen-bond donors (Lipinski definition) is 1. The number of nitrogens with one attached hydrogen (secondary N) is 1. The molecule has 0 aliphatic carbocycles. The second kappa shape index (κ2) is 7.09. The van der Waals surface area contributed by atoms with Crippen LogP contribution in [0, 0.1) is 11.6 Å². The summed E-state index contributed by atoms with van der Waals surface area (Å²) < 4.78 is 32.1. The third kappa shape index (κ3) is 3.46. The number of urea groups is 1. The highest BCUT2D eigenvalue weighted by molar-refractivity contribution is 7.99. The van der Waals surface area contributed by atoms with Crippen molar-refractivity contribution in [3.05, 3.63) is 59.7 Å². The first-order valence-corrected chi connectivity index (χ1v) is 8.41. The highest BCUT2D eigenvalue weighted by Gasteiger charge is 2.31. The maximum absolute atomic E-state index is 13.7. The van der Waals surface area contributed by atoms with Crippen LogP contribution in [-0.4, -0.2) is 30.3 Å². The fourth-order valence-electron chi connectivity index (χ4n) is 2.50. The van der Waals surface area contributed by atoms with E-state index in [1.165, 1.54) is 0 Å². The molecule has 1 N–H and O–H groups in total. The molecule has 24 heavy (non-hydrogen) atoms. The Kier molecular flexibility index (Phi) is 4.89. The van der Waals surface area contributed by atoms with Crippen molar-refractivity contribution in [3.63, 3.8) is 0 Å². The summed E-state index contributed by atoms with van der Waals surface area (Å²) in [6.07, 6.45) is 0. The summed E-state index contributed by atoms with van der Waals surface area (Å²) in [5, 5.41) is 2.28. The number of amides is 2. The van der Waals surface area contributed by atoms with Gasteiger partial charge in [0.2, 0.25) is 0 Å². The second-order valence-corrected chi connectivity index (χ2v) is 6.43. The largest absolute Gasteiger partial charge is 0.497 e. The van der Waals surface area contributed by atoms with Gasteiger partial charge in [0.15, 0.2) is 0 Å². The Bertz CT molecular complexity index is 740. The normalized spacial score (nSPS) is 17.0. The molecular weight excluding hydrogens is 334 g/mol. The molecule has 1 aliphatic heterocycles. The van der Waals surface area contributed by atoms with Crippen molar-refractivity contribution in [1.82, 2.24) is 4.90 Å². The number of benzene rings is 2. The Labute approximate surface area is 142 Å². The summed E-state index contributed by atoms with van der Waals surface area (Å²) >= 11 is 1.62. The van der Waals surface area contributed by atoms with Crippen LogP contribution in [0.2, 0.25) is 0 Å². The zero-order chi connectivity index (χ0) is 17.1. The molecule has 0 bridgehead atoms.